The number of rotatable bonds is 6. The van der Waals surface area contributed by atoms with E-state index in [0.717, 1.165) is 11.1 Å². The molecule has 0 spiro atoms. The van der Waals surface area contributed by atoms with Crippen LogP contribution in [0.4, 0.5) is 0 Å². The predicted molar refractivity (Wildman–Crippen MR) is 103 cm³/mol. The molecule has 1 heterocycles. The van der Waals surface area contributed by atoms with Crippen LogP contribution < -0.4 is 0 Å². The summed E-state index contributed by atoms with van der Waals surface area (Å²) in [6.07, 6.45) is 5.02. The van der Waals surface area contributed by atoms with Gasteiger partial charge in [0.2, 0.25) is 0 Å². The first-order valence-corrected chi connectivity index (χ1v) is 9.00. The minimum Gasteiger partial charge on any atom is -0.367 e. The van der Waals surface area contributed by atoms with E-state index in [1.807, 2.05) is 16.8 Å². The van der Waals surface area contributed by atoms with E-state index < -0.39 is 0 Å². The van der Waals surface area contributed by atoms with Crippen molar-refractivity contribution in [3.63, 3.8) is 0 Å². The second-order valence-electron chi connectivity index (χ2n) is 5.46. The highest BCUT2D eigenvalue weighted by molar-refractivity contribution is 6.35. The number of halogens is 4. The lowest BCUT2D eigenvalue weighted by Crippen LogP contribution is -2.12. The van der Waals surface area contributed by atoms with Crippen molar-refractivity contribution in [3.8, 4) is 0 Å². The average molecular weight is 416 g/mol. The molecule has 7 heteroatoms. The normalized spacial score (nSPS) is 12.3. The number of ether oxygens (including phenoxy) is 1. The van der Waals surface area contributed by atoms with Gasteiger partial charge in [0.15, 0.2) is 0 Å². The summed E-state index contributed by atoms with van der Waals surface area (Å²) in [5, 5.41) is 2.34. The van der Waals surface area contributed by atoms with Gasteiger partial charge in [0, 0.05) is 38.0 Å². The summed E-state index contributed by atoms with van der Waals surface area (Å²) in [7, 11) is 0. The van der Waals surface area contributed by atoms with Crippen molar-refractivity contribution >= 4 is 46.4 Å². The molecule has 0 amide bonds. The first-order chi connectivity index (χ1) is 12.0. The van der Waals surface area contributed by atoms with Crippen LogP contribution in [0.25, 0.3) is 0 Å². The highest BCUT2D eigenvalue weighted by atomic mass is 35.5. The van der Waals surface area contributed by atoms with Crippen molar-refractivity contribution in [2.45, 2.75) is 19.3 Å². The van der Waals surface area contributed by atoms with Crippen molar-refractivity contribution in [2.24, 2.45) is 0 Å². The number of hydrogen-bond donors (Lipinski definition) is 0. The summed E-state index contributed by atoms with van der Waals surface area (Å²) in [4.78, 5) is 4.06. The van der Waals surface area contributed by atoms with Crippen molar-refractivity contribution in [2.75, 3.05) is 0 Å². The Bertz CT molecular complexity index is 852. The Hall–Kier alpha value is -1.23. The van der Waals surface area contributed by atoms with E-state index in [2.05, 4.69) is 4.98 Å². The fourth-order valence-electron chi connectivity index (χ4n) is 2.43. The molecule has 3 aromatic rings. The molecule has 1 unspecified atom stereocenters. The van der Waals surface area contributed by atoms with Crippen molar-refractivity contribution in [1.29, 1.82) is 0 Å². The smallest absolute Gasteiger partial charge is 0.102 e. The van der Waals surface area contributed by atoms with Crippen LogP contribution in [0.1, 0.15) is 17.2 Å². The van der Waals surface area contributed by atoms with Crippen LogP contribution in [-0.4, -0.2) is 9.55 Å². The zero-order chi connectivity index (χ0) is 17.8. The van der Waals surface area contributed by atoms with Gasteiger partial charge in [0.25, 0.3) is 0 Å². The van der Waals surface area contributed by atoms with Gasteiger partial charge in [0.05, 0.1) is 19.5 Å². The second kappa shape index (κ2) is 8.43. The van der Waals surface area contributed by atoms with Crippen molar-refractivity contribution in [3.05, 3.63) is 86.3 Å². The van der Waals surface area contributed by atoms with E-state index in [0.29, 0.717) is 33.2 Å². The summed E-state index contributed by atoms with van der Waals surface area (Å²) in [6, 6.07) is 10.6. The van der Waals surface area contributed by atoms with Crippen LogP contribution in [0.5, 0.6) is 0 Å². The number of aromatic nitrogens is 2. The molecule has 130 valence electrons. The Balaban J connectivity index is 1.84. The molecule has 0 aliphatic heterocycles. The average Bonchev–Trinajstić information content (AvgIpc) is 3.08. The molecule has 1 aromatic heterocycles. The molecule has 25 heavy (non-hydrogen) atoms. The minimum absolute atomic E-state index is 0.297. The lowest BCUT2D eigenvalue weighted by molar-refractivity contribution is 0.0281. The maximum Gasteiger partial charge on any atom is 0.102 e. The highest BCUT2D eigenvalue weighted by Gasteiger charge is 2.17. The summed E-state index contributed by atoms with van der Waals surface area (Å²) < 4.78 is 8.05. The molecule has 0 saturated heterocycles. The Kier molecular flexibility index (Phi) is 6.26. The Labute approximate surface area is 166 Å². The lowest BCUT2D eigenvalue weighted by atomic mass is 10.1. The SMILES string of the molecule is Clc1ccc(C(Cn2ccnc2)OCc2cc(Cl)ccc2Cl)c(Cl)c1. The van der Waals surface area contributed by atoms with Gasteiger partial charge in [-0.15, -0.1) is 0 Å². The molecule has 0 aliphatic carbocycles. The highest BCUT2D eigenvalue weighted by Crippen LogP contribution is 2.31. The van der Waals surface area contributed by atoms with Crippen molar-refractivity contribution in [1.82, 2.24) is 9.55 Å². The monoisotopic (exact) mass is 414 g/mol. The number of nitrogens with zero attached hydrogens (tertiary/aromatic N) is 2. The zero-order valence-electron chi connectivity index (χ0n) is 13.0. The third kappa shape index (κ3) is 4.90. The van der Waals surface area contributed by atoms with Gasteiger partial charge in [-0.05, 0) is 35.9 Å². The van der Waals surface area contributed by atoms with E-state index >= 15 is 0 Å². The van der Waals surface area contributed by atoms with Crippen molar-refractivity contribution < 1.29 is 4.74 Å². The second-order valence-corrected chi connectivity index (χ2v) is 7.15. The first kappa shape index (κ1) is 18.6. The quantitative estimate of drug-likeness (QED) is 0.462. The van der Waals surface area contributed by atoms with Gasteiger partial charge in [0.1, 0.15) is 6.10 Å². The van der Waals surface area contributed by atoms with Gasteiger partial charge >= 0.3 is 0 Å². The van der Waals surface area contributed by atoms with Gasteiger partial charge in [-0.1, -0.05) is 52.5 Å². The number of imidazole rings is 1. The van der Waals surface area contributed by atoms with E-state index in [1.165, 1.54) is 0 Å². The van der Waals surface area contributed by atoms with E-state index in [1.54, 1.807) is 42.9 Å². The summed E-state index contributed by atoms with van der Waals surface area (Å²) >= 11 is 24.6. The maximum atomic E-state index is 6.37. The maximum absolute atomic E-state index is 6.37. The van der Waals surface area contributed by atoms with Crippen LogP contribution in [0, 0.1) is 0 Å². The zero-order valence-corrected chi connectivity index (χ0v) is 16.0. The Morgan fingerprint density at radius 3 is 2.44 bits per heavy atom. The van der Waals surface area contributed by atoms with Crippen LogP contribution in [0.2, 0.25) is 20.1 Å². The number of hydrogen-bond acceptors (Lipinski definition) is 2. The Morgan fingerprint density at radius 2 is 1.72 bits per heavy atom. The topological polar surface area (TPSA) is 27.1 Å². The molecule has 0 aliphatic rings. The molecule has 1 atom stereocenters. The predicted octanol–water partition coefficient (Wildman–Crippen LogP) is 6.45. The number of benzene rings is 2. The fourth-order valence-corrected chi connectivity index (χ4v) is 3.33. The molecule has 0 N–H and O–H groups in total. The molecule has 0 bridgehead atoms. The molecule has 3 nitrogen and oxygen atoms in total. The fraction of sp³-hybridized carbons (Fsp3) is 0.167. The molecule has 0 fully saturated rings. The summed E-state index contributed by atoms with van der Waals surface area (Å²) in [6.45, 7) is 0.858. The van der Waals surface area contributed by atoms with Crippen LogP contribution in [-0.2, 0) is 17.9 Å². The molecular weight excluding hydrogens is 402 g/mol. The molecule has 2 aromatic carbocycles. The molecule has 0 radical (unpaired) electrons. The van der Waals surface area contributed by atoms with Crippen LogP contribution >= 0.6 is 46.4 Å². The van der Waals surface area contributed by atoms with Gasteiger partial charge in [-0.25, -0.2) is 4.98 Å². The molecule has 0 saturated carbocycles. The van der Waals surface area contributed by atoms with E-state index in [-0.39, 0.29) is 6.10 Å². The standard InChI is InChI=1S/C18H14Cl4N2O/c19-13-2-4-16(21)12(7-13)10-25-18(9-24-6-5-23-11-24)15-3-1-14(20)8-17(15)22/h1-8,11,18H,9-10H2. The van der Waals surface area contributed by atoms with Gasteiger partial charge in [-0.3, -0.25) is 0 Å². The van der Waals surface area contributed by atoms with Crippen LogP contribution in [0.15, 0.2) is 55.1 Å². The van der Waals surface area contributed by atoms with E-state index in [4.69, 9.17) is 51.1 Å². The third-order valence-corrected chi connectivity index (χ3v) is 4.86. The lowest BCUT2D eigenvalue weighted by Gasteiger charge is -2.21. The molecular formula is C18H14Cl4N2O. The summed E-state index contributed by atoms with van der Waals surface area (Å²) in [5.74, 6) is 0. The Morgan fingerprint density at radius 1 is 0.960 bits per heavy atom. The van der Waals surface area contributed by atoms with Gasteiger partial charge < -0.3 is 9.30 Å². The van der Waals surface area contributed by atoms with E-state index in [9.17, 15) is 0 Å². The minimum atomic E-state index is -0.297. The summed E-state index contributed by atoms with van der Waals surface area (Å²) in [5.41, 5.74) is 1.66. The largest absolute Gasteiger partial charge is 0.367 e. The third-order valence-electron chi connectivity index (χ3n) is 3.69. The molecule has 3 rings (SSSR count). The van der Waals surface area contributed by atoms with Crippen LogP contribution in [0.3, 0.4) is 0 Å². The van der Waals surface area contributed by atoms with Gasteiger partial charge in [-0.2, -0.15) is 0 Å². The first-order valence-electron chi connectivity index (χ1n) is 7.49.